The van der Waals surface area contributed by atoms with Gasteiger partial charge >= 0.3 is 0 Å². The van der Waals surface area contributed by atoms with Gasteiger partial charge in [-0.2, -0.15) is 0 Å². The highest BCUT2D eigenvalue weighted by Crippen LogP contribution is 1.87. The predicted molar refractivity (Wildman–Crippen MR) is 60.0 cm³/mol. The standard InChI is InChI=1S/C10H22N2O4/c1-15-5-6-16-8-9(13)7-12-4-2-3-10(11)14/h9,12-13H,2-8H2,1H3,(H2,11,14). The number of methoxy groups -OCH3 is 1. The van der Waals surface area contributed by atoms with Crippen LogP contribution in [0.5, 0.6) is 0 Å². The average Bonchev–Trinajstić information content (AvgIpc) is 2.23. The van der Waals surface area contributed by atoms with Crippen LogP contribution in [-0.4, -0.2) is 57.1 Å². The summed E-state index contributed by atoms with van der Waals surface area (Å²) in [5.74, 6) is -0.301. The number of aliphatic hydroxyl groups excluding tert-OH is 1. The number of carbonyl (C=O) groups is 1. The lowest BCUT2D eigenvalue weighted by Gasteiger charge is -2.11. The maximum Gasteiger partial charge on any atom is 0.217 e. The third kappa shape index (κ3) is 11.4. The summed E-state index contributed by atoms with van der Waals surface area (Å²) in [7, 11) is 1.60. The normalized spacial score (nSPS) is 12.6. The van der Waals surface area contributed by atoms with Crippen LogP contribution in [0.2, 0.25) is 0 Å². The zero-order chi connectivity index (χ0) is 12.2. The second kappa shape index (κ2) is 10.8. The quantitative estimate of drug-likeness (QED) is 0.393. The van der Waals surface area contributed by atoms with Crippen LogP contribution in [0.3, 0.4) is 0 Å². The molecule has 0 aliphatic rings. The van der Waals surface area contributed by atoms with Gasteiger partial charge in [0.15, 0.2) is 0 Å². The van der Waals surface area contributed by atoms with Crippen LogP contribution in [0.1, 0.15) is 12.8 Å². The molecular formula is C10H22N2O4. The largest absolute Gasteiger partial charge is 0.389 e. The summed E-state index contributed by atoms with van der Waals surface area (Å²) < 4.78 is 9.94. The van der Waals surface area contributed by atoms with Crippen molar-refractivity contribution in [2.75, 3.05) is 40.0 Å². The third-order valence-corrected chi connectivity index (χ3v) is 1.90. The number of hydrogen-bond acceptors (Lipinski definition) is 5. The van der Waals surface area contributed by atoms with Gasteiger partial charge in [0.1, 0.15) is 0 Å². The number of rotatable bonds is 11. The molecule has 0 saturated carbocycles. The summed E-state index contributed by atoms with van der Waals surface area (Å²) in [6, 6.07) is 0. The molecule has 0 saturated heterocycles. The molecule has 16 heavy (non-hydrogen) atoms. The number of nitrogens with one attached hydrogen (secondary N) is 1. The maximum absolute atomic E-state index is 10.4. The number of nitrogens with two attached hydrogens (primary N) is 1. The lowest BCUT2D eigenvalue weighted by atomic mass is 10.3. The number of hydrogen-bond donors (Lipinski definition) is 3. The van der Waals surface area contributed by atoms with Gasteiger partial charge in [0.2, 0.25) is 5.91 Å². The number of aliphatic hydroxyl groups is 1. The summed E-state index contributed by atoms with van der Waals surface area (Å²) in [4.78, 5) is 10.4. The van der Waals surface area contributed by atoms with E-state index >= 15 is 0 Å². The fourth-order valence-corrected chi connectivity index (χ4v) is 1.08. The molecule has 0 aliphatic carbocycles. The zero-order valence-corrected chi connectivity index (χ0v) is 9.78. The molecule has 6 nitrogen and oxygen atoms in total. The molecular weight excluding hydrogens is 212 g/mol. The highest BCUT2D eigenvalue weighted by molar-refractivity contribution is 5.73. The molecule has 1 unspecified atom stereocenters. The van der Waals surface area contributed by atoms with Crippen LogP contribution in [0.25, 0.3) is 0 Å². The van der Waals surface area contributed by atoms with Crippen LogP contribution >= 0.6 is 0 Å². The number of amides is 1. The van der Waals surface area contributed by atoms with Crippen molar-refractivity contribution in [1.29, 1.82) is 0 Å². The van der Waals surface area contributed by atoms with Crippen molar-refractivity contribution in [3.8, 4) is 0 Å². The SMILES string of the molecule is COCCOCC(O)CNCCCC(N)=O. The minimum absolute atomic E-state index is 0.284. The molecule has 0 aromatic rings. The average molecular weight is 234 g/mol. The molecule has 0 bridgehead atoms. The first-order valence-corrected chi connectivity index (χ1v) is 5.40. The predicted octanol–water partition coefficient (Wildman–Crippen LogP) is -1.13. The van der Waals surface area contributed by atoms with E-state index in [1.54, 1.807) is 7.11 Å². The number of primary amides is 1. The number of ether oxygens (including phenoxy) is 2. The molecule has 0 fully saturated rings. The molecule has 4 N–H and O–H groups in total. The van der Waals surface area contributed by atoms with Crippen LogP contribution in [0, 0.1) is 0 Å². The van der Waals surface area contributed by atoms with E-state index in [9.17, 15) is 9.90 Å². The van der Waals surface area contributed by atoms with Gasteiger partial charge < -0.3 is 25.6 Å². The lowest BCUT2D eigenvalue weighted by Crippen LogP contribution is -2.31. The Kier molecular flexibility index (Phi) is 10.3. The second-order valence-corrected chi connectivity index (χ2v) is 3.50. The first-order chi connectivity index (χ1) is 7.66. The minimum Gasteiger partial charge on any atom is -0.389 e. The molecule has 1 amide bonds. The zero-order valence-electron chi connectivity index (χ0n) is 9.78. The van der Waals surface area contributed by atoms with E-state index in [0.29, 0.717) is 39.1 Å². The first kappa shape index (κ1) is 15.3. The van der Waals surface area contributed by atoms with Gasteiger partial charge in [-0.05, 0) is 13.0 Å². The molecule has 96 valence electrons. The van der Waals surface area contributed by atoms with Crippen LogP contribution in [-0.2, 0) is 14.3 Å². The highest BCUT2D eigenvalue weighted by Gasteiger charge is 2.03. The smallest absolute Gasteiger partial charge is 0.217 e. The fourth-order valence-electron chi connectivity index (χ4n) is 1.08. The Balaban J connectivity index is 3.17. The molecule has 0 spiro atoms. The fraction of sp³-hybridized carbons (Fsp3) is 0.900. The summed E-state index contributed by atoms with van der Waals surface area (Å²) >= 11 is 0. The maximum atomic E-state index is 10.4. The van der Waals surface area contributed by atoms with Crippen molar-refractivity contribution in [2.24, 2.45) is 5.73 Å². The summed E-state index contributed by atoms with van der Waals surface area (Å²) in [6.45, 7) is 2.41. The summed E-state index contributed by atoms with van der Waals surface area (Å²) in [6.07, 6.45) is 0.519. The molecule has 0 heterocycles. The molecule has 1 atom stereocenters. The van der Waals surface area contributed by atoms with E-state index in [4.69, 9.17) is 15.2 Å². The van der Waals surface area contributed by atoms with Crippen molar-refractivity contribution in [3.63, 3.8) is 0 Å². The highest BCUT2D eigenvalue weighted by atomic mass is 16.5. The van der Waals surface area contributed by atoms with Crippen LogP contribution in [0.4, 0.5) is 0 Å². The Hall–Kier alpha value is -0.690. The van der Waals surface area contributed by atoms with Gasteiger partial charge in [-0.3, -0.25) is 4.79 Å². The molecule has 0 aromatic heterocycles. The second-order valence-electron chi connectivity index (χ2n) is 3.50. The van der Waals surface area contributed by atoms with Crippen molar-refractivity contribution in [2.45, 2.75) is 18.9 Å². The Bertz CT molecular complexity index is 178. The van der Waals surface area contributed by atoms with Gasteiger partial charge in [-0.1, -0.05) is 0 Å². The monoisotopic (exact) mass is 234 g/mol. The Morgan fingerprint density at radius 3 is 2.88 bits per heavy atom. The van der Waals surface area contributed by atoms with Gasteiger partial charge in [0, 0.05) is 20.1 Å². The van der Waals surface area contributed by atoms with Gasteiger partial charge in [-0.25, -0.2) is 0 Å². The van der Waals surface area contributed by atoms with Crippen molar-refractivity contribution in [3.05, 3.63) is 0 Å². The summed E-state index contributed by atoms with van der Waals surface area (Å²) in [5.41, 5.74) is 4.98. The van der Waals surface area contributed by atoms with E-state index in [1.807, 2.05) is 0 Å². The van der Waals surface area contributed by atoms with Crippen LogP contribution in [0.15, 0.2) is 0 Å². The van der Waals surface area contributed by atoms with Crippen LogP contribution < -0.4 is 11.1 Å². The molecule has 0 aliphatic heterocycles. The van der Waals surface area contributed by atoms with E-state index < -0.39 is 6.10 Å². The van der Waals surface area contributed by atoms with E-state index in [-0.39, 0.29) is 12.5 Å². The third-order valence-electron chi connectivity index (χ3n) is 1.90. The molecule has 0 rings (SSSR count). The minimum atomic E-state index is -0.537. The molecule has 0 radical (unpaired) electrons. The van der Waals surface area contributed by atoms with Crippen molar-refractivity contribution in [1.82, 2.24) is 5.32 Å². The van der Waals surface area contributed by atoms with Crippen molar-refractivity contribution < 1.29 is 19.4 Å². The van der Waals surface area contributed by atoms with E-state index in [1.165, 1.54) is 0 Å². The Morgan fingerprint density at radius 1 is 1.50 bits per heavy atom. The van der Waals surface area contributed by atoms with E-state index in [2.05, 4.69) is 5.32 Å². The first-order valence-electron chi connectivity index (χ1n) is 5.40. The summed E-state index contributed by atoms with van der Waals surface area (Å²) in [5, 5.41) is 12.4. The van der Waals surface area contributed by atoms with Gasteiger partial charge in [0.05, 0.1) is 25.9 Å². The van der Waals surface area contributed by atoms with E-state index in [0.717, 1.165) is 0 Å². The van der Waals surface area contributed by atoms with Gasteiger partial charge in [-0.15, -0.1) is 0 Å². The Labute approximate surface area is 96.1 Å². The lowest BCUT2D eigenvalue weighted by molar-refractivity contribution is -0.118. The van der Waals surface area contributed by atoms with Crippen molar-refractivity contribution >= 4 is 5.91 Å². The molecule has 6 heteroatoms. The Morgan fingerprint density at radius 2 is 2.25 bits per heavy atom. The number of carbonyl (C=O) groups excluding carboxylic acids is 1. The van der Waals surface area contributed by atoms with Gasteiger partial charge in [0.25, 0.3) is 0 Å². The topological polar surface area (TPSA) is 93.8 Å². The molecule has 0 aromatic carbocycles.